The van der Waals surface area contributed by atoms with Gasteiger partial charge in [0.15, 0.2) is 5.69 Å². The van der Waals surface area contributed by atoms with E-state index >= 15 is 0 Å². The number of aliphatic hydroxyl groups is 1. The van der Waals surface area contributed by atoms with E-state index in [0.717, 1.165) is 11.8 Å². The number of piperidine rings is 1. The quantitative estimate of drug-likeness (QED) is 0.646. The van der Waals surface area contributed by atoms with E-state index in [2.05, 4.69) is 10.3 Å². The molecule has 0 saturated carbocycles. The van der Waals surface area contributed by atoms with E-state index < -0.39 is 23.0 Å². The summed E-state index contributed by atoms with van der Waals surface area (Å²) in [6.45, 7) is 8.28. The Morgan fingerprint density at radius 3 is 2.45 bits per heavy atom. The second-order valence-electron chi connectivity index (χ2n) is 9.03. The minimum Gasteiger partial charge on any atom is -0.431 e. The van der Waals surface area contributed by atoms with Gasteiger partial charge in [0, 0.05) is 23.5 Å². The van der Waals surface area contributed by atoms with Crippen molar-refractivity contribution in [3.63, 3.8) is 0 Å². The number of anilines is 1. The van der Waals surface area contributed by atoms with Crippen LogP contribution >= 0.6 is 11.6 Å². The van der Waals surface area contributed by atoms with E-state index in [4.69, 9.17) is 21.8 Å². The summed E-state index contributed by atoms with van der Waals surface area (Å²) in [7, 11) is 0. The Hall–Kier alpha value is -2.58. The van der Waals surface area contributed by atoms with Crippen LogP contribution in [0.2, 0.25) is 5.02 Å². The Morgan fingerprint density at radius 1 is 1.29 bits per heavy atom. The van der Waals surface area contributed by atoms with Gasteiger partial charge in [-0.3, -0.25) is 9.59 Å². The molecule has 2 aromatic rings. The molecule has 8 nitrogen and oxygen atoms in total. The SMILES string of the molecule is CC(C)[C@@H](NC(=O)c1coc(N)n1)C(=O)N1CC[C@](O)(c2ccc(Cl)cc2)C(C)(C)C1. The molecule has 1 fully saturated rings. The van der Waals surface area contributed by atoms with Crippen LogP contribution < -0.4 is 11.1 Å². The predicted molar refractivity (Wildman–Crippen MR) is 117 cm³/mol. The molecule has 2 heterocycles. The van der Waals surface area contributed by atoms with Gasteiger partial charge in [-0.05, 0) is 30.0 Å². The summed E-state index contributed by atoms with van der Waals surface area (Å²) in [5.41, 5.74) is 4.49. The van der Waals surface area contributed by atoms with Crippen molar-refractivity contribution in [1.82, 2.24) is 15.2 Å². The summed E-state index contributed by atoms with van der Waals surface area (Å²) in [5, 5.41) is 14.9. The van der Waals surface area contributed by atoms with Crippen LogP contribution in [0.4, 0.5) is 6.01 Å². The van der Waals surface area contributed by atoms with Crippen LogP contribution in [0.25, 0.3) is 0 Å². The van der Waals surface area contributed by atoms with Gasteiger partial charge in [0.25, 0.3) is 11.9 Å². The number of carbonyl (C=O) groups excluding carboxylic acids is 2. The molecular weight excluding hydrogens is 420 g/mol. The summed E-state index contributed by atoms with van der Waals surface area (Å²) >= 11 is 6.00. The first kappa shape index (κ1) is 23.1. The number of halogens is 1. The minimum absolute atomic E-state index is 0.0204. The zero-order valence-corrected chi connectivity index (χ0v) is 18.9. The third-order valence-electron chi connectivity index (χ3n) is 6.06. The Morgan fingerprint density at radius 2 is 1.94 bits per heavy atom. The lowest BCUT2D eigenvalue weighted by Crippen LogP contribution is -2.60. The average Bonchev–Trinajstić information content (AvgIpc) is 3.14. The van der Waals surface area contributed by atoms with Gasteiger partial charge in [-0.2, -0.15) is 4.98 Å². The fourth-order valence-corrected chi connectivity index (χ4v) is 4.21. The van der Waals surface area contributed by atoms with Crippen molar-refractivity contribution in [2.75, 3.05) is 18.8 Å². The normalized spacial score (nSPS) is 21.7. The Labute approximate surface area is 186 Å². The van der Waals surface area contributed by atoms with Gasteiger partial charge in [0.05, 0.1) is 5.60 Å². The highest BCUT2D eigenvalue weighted by Crippen LogP contribution is 2.46. The van der Waals surface area contributed by atoms with E-state index in [1.807, 2.05) is 39.8 Å². The fraction of sp³-hybridized carbons (Fsp3) is 0.500. The van der Waals surface area contributed by atoms with Crippen LogP contribution in [-0.2, 0) is 10.4 Å². The molecule has 31 heavy (non-hydrogen) atoms. The first-order valence-corrected chi connectivity index (χ1v) is 10.6. The van der Waals surface area contributed by atoms with Crippen LogP contribution in [0.15, 0.2) is 34.9 Å². The van der Waals surface area contributed by atoms with E-state index in [-0.39, 0.29) is 23.5 Å². The Bertz CT molecular complexity index is 957. The Kier molecular flexibility index (Phi) is 6.34. The standard InChI is InChI=1S/C22H29ClN4O4/c1-13(2)17(26-18(28)16-11-31-20(24)25-16)19(29)27-10-9-22(30,21(3,4)12-27)14-5-7-15(23)8-6-14/h5-8,11,13,17,30H,9-10,12H2,1-4H3,(H2,24,25)(H,26,28)/t17-,22+/m1/s1. The van der Waals surface area contributed by atoms with Gasteiger partial charge in [0.2, 0.25) is 5.91 Å². The molecule has 1 aromatic heterocycles. The van der Waals surface area contributed by atoms with E-state index in [0.29, 0.717) is 24.5 Å². The van der Waals surface area contributed by atoms with Gasteiger partial charge < -0.3 is 25.5 Å². The lowest BCUT2D eigenvalue weighted by atomic mass is 9.66. The highest BCUT2D eigenvalue weighted by atomic mass is 35.5. The fourth-order valence-electron chi connectivity index (χ4n) is 4.09. The minimum atomic E-state index is -1.11. The highest BCUT2D eigenvalue weighted by Gasteiger charge is 2.50. The molecule has 0 bridgehead atoms. The molecule has 0 unspecified atom stereocenters. The molecule has 9 heteroatoms. The molecule has 0 radical (unpaired) electrons. The summed E-state index contributed by atoms with van der Waals surface area (Å²) < 4.78 is 4.88. The van der Waals surface area contributed by atoms with Crippen molar-refractivity contribution in [2.24, 2.45) is 11.3 Å². The van der Waals surface area contributed by atoms with Crippen molar-refractivity contribution in [3.05, 3.63) is 46.8 Å². The van der Waals surface area contributed by atoms with Crippen LogP contribution in [0, 0.1) is 11.3 Å². The third-order valence-corrected chi connectivity index (χ3v) is 6.31. The summed E-state index contributed by atoms with van der Waals surface area (Å²) in [6.07, 6.45) is 1.52. The van der Waals surface area contributed by atoms with Crippen LogP contribution in [0.5, 0.6) is 0 Å². The number of likely N-dealkylation sites (tertiary alicyclic amines) is 1. The van der Waals surface area contributed by atoms with Crippen molar-refractivity contribution in [3.8, 4) is 0 Å². The number of rotatable bonds is 5. The molecule has 0 spiro atoms. The number of carbonyl (C=O) groups is 2. The maximum atomic E-state index is 13.3. The second-order valence-corrected chi connectivity index (χ2v) is 9.46. The zero-order valence-electron chi connectivity index (χ0n) is 18.2. The monoisotopic (exact) mass is 448 g/mol. The number of hydrogen-bond acceptors (Lipinski definition) is 6. The third kappa shape index (κ3) is 4.55. The van der Waals surface area contributed by atoms with Crippen molar-refractivity contribution < 1.29 is 19.1 Å². The Balaban J connectivity index is 1.76. The molecule has 1 saturated heterocycles. The van der Waals surface area contributed by atoms with Crippen molar-refractivity contribution in [2.45, 2.75) is 45.8 Å². The molecule has 2 atom stereocenters. The largest absolute Gasteiger partial charge is 0.431 e. The van der Waals surface area contributed by atoms with Crippen LogP contribution in [-0.4, -0.2) is 45.9 Å². The first-order valence-electron chi connectivity index (χ1n) is 10.2. The molecule has 1 aliphatic heterocycles. The number of aromatic nitrogens is 1. The number of nitrogens with one attached hydrogen (secondary N) is 1. The summed E-state index contributed by atoms with van der Waals surface area (Å²) in [5.74, 6) is -0.881. The number of benzene rings is 1. The number of nitrogens with two attached hydrogens (primary N) is 1. The lowest BCUT2D eigenvalue weighted by Gasteiger charge is -2.51. The van der Waals surface area contributed by atoms with Gasteiger partial charge >= 0.3 is 0 Å². The van der Waals surface area contributed by atoms with Gasteiger partial charge in [-0.25, -0.2) is 0 Å². The average molecular weight is 449 g/mol. The molecule has 3 rings (SSSR count). The molecule has 1 aliphatic rings. The smallest absolute Gasteiger partial charge is 0.292 e. The number of nitrogen functional groups attached to an aromatic ring is 1. The zero-order chi connectivity index (χ0) is 23.0. The molecule has 4 N–H and O–H groups in total. The number of oxazole rings is 1. The molecule has 2 amide bonds. The van der Waals surface area contributed by atoms with Gasteiger partial charge in [-0.15, -0.1) is 0 Å². The summed E-state index contributed by atoms with van der Waals surface area (Å²) in [6, 6.07) is 6.29. The van der Waals surface area contributed by atoms with Crippen molar-refractivity contribution >= 4 is 29.4 Å². The predicted octanol–water partition coefficient (Wildman–Crippen LogP) is 2.81. The number of nitrogens with zero attached hydrogens (tertiary/aromatic N) is 2. The van der Waals surface area contributed by atoms with Crippen molar-refractivity contribution in [1.29, 1.82) is 0 Å². The number of amides is 2. The van der Waals surface area contributed by atoms with E-state index in [1.165, 1.54) is 0 Å². The first-order chi connectivity index (χ1) is 14.4. The maximum absolute atomic E-state index is 13.3. The van der Waals surface area contributed by atoms with Crippen LogP contribution in [0.3, 0.4) is 0 Å². The number of hydrogen-bond donors (Lipinski definition) is 3. The van der Waals surface area contributed by atoms with E-state index in [1.54, 1.807) is 17.0 Å². The molecule has 0 aliphatic carbocycles. The summed E-state index contributed by atoms with van der Waals surface area (Å²) in [4.78, 5) is 31.3. The topological polar surface area (TPSA) is 122 Å². The molecular formula is C22H29ClN4O4. The van der Waals surface area contributed by atoms with Gasteiger partial charge in [0.1, 0.15) is 12.3 Å². The molecule has 1 aromatic carbocycles. The highest BCUT2D eigenvalue weighted by molar-refractivity contribution is 6.30. The second kappa shape index (κ2) is 8.51. The molecule has 168 valence electrons. The van der Waals surface area contributed by atoms with Crippen LogP contribution in [0.1, 0.15) is 50.2 Å². The maximum Gasteiger partial charge on any atom is 0.292 e. The lowest BCUT2D eigenvalue weighted by molar-refractivity contribution is -0.155. The van der Waals surface area contributed by atoms with Gasteiger partial charge in [-0.1, -0.05) is 51.4 Å². The van der Waals surface area contributed by atoms with E-state index in [9.17, 15) is 14.7 Å².